The van der Waals surface area contributed by atoms with Crippen molar-refractivity contribution in [3.63, 3.8) is 0 Å². The van der Waals surface area contributed by atoms with Gasteiger partial charge < -0.3 is 11.1 Å². The fraction of sp³-hybridized carbons (Fsp3) is 0.500. The number of hydrogen-bond acceptors (Lipinski definition) is 3. The van der Waals surface area contributed by atoms with Gasteiger partial charge in [0.25, 0.3) is 0 Å². The molecule has 3 N–H and O–H groups in total. The van der Waals surface area contributed by atoms with Crippen molar-refractivity contribution in [3.05, 3.63) is 35.4 Å². The zero-order chi connectivity index (χ0) is 15.2. The second-order valence-corrected chi connectivity index (χ2v) is 6.16. The van der Waals surface area contributed by atoms with E-state index >= 15 is 0 Å². The Morgan fingerprint density at radius 1 is 1.33 bits per heavy atom. The summed E-state index contributed by atoms with van der Waals surface area (Å²) in [6.07, 6.45) is 2.29. The van der Waals surface area contributed by atoms with Crippen molar-refractivity contribution in [1.82, 2.24) is 10.2 Å². The molecule has 1 saturated heterocycles. The van der Waals surface area contributed by atoms with Crippen molar-refractivity contribution in [2.75, 3.05) is 19.6 Å². The van der Waals surface area contributed by atoms with Gasteiger partial charge in [-0.1, -0.05) is 36.5 Å². The SMILES string of the molecule is CC(=O)NCC1CCN(Cc2ccc(C(N)=S)cc2)CC1. The average Bonchev–Trinajstić information content (AvgIpc) is 2.47. The normalized spacial score (nSPS) is 16.6. The molecule has 4 nitrogen and oxygen atoms in total. The number of carbonyl (C=O) groups excluding carboxylic acids is 1. The lowest BCUT2D eigenvalue weighted by atomic mass is 9.96. The molecular formula is C16H23N3OS. The van der Waals surface area contributed by atoms with Crippen molar-refractivity contribution in [3.8, 4) is 0 Å². The Hall–Kier alpha value is -1.46. The van der Waals surface area contributed by atoms with Crippen LogP contribution in [0.5, 0.6) is 0 Å². The Bertz CT molecular complexity index is 493. The van der Waals surface area contributed by atoms with Crippen LogP contribution >= 0.6 is 12.2 Å². The smallest absolute Gasteiger partial charge is 0.216 e. The second kappa shape index (κ2) is 7.52. The third kappa shape index (κ3) is 5.10. The molecule has 0 unspecified atom stereocenters. The highest BCUT2D eigenvalue weighted by Gasteiger charge is 2.19. The van der Waals surface area contributed by atoms with Crippen molar-refractivity contribution in [2.24, 2.45) is 11.7 Å². The van der Waals surface area contributed by atoms with Crippen LogP contribution in [0.25, 0.3) is 0 Å². The number of carbonyl (C=O) groups is 1. The summed E-state index contributed by atoms with van der Waals surface area (Å²) in [6.45, 7) is 5.52. The van der Waals surface area contributed by atoms with Gasteiger partial charge in [-0.05, 0) is 37.4 Å². The van der Waals surface area contributed by atoms with E-state index in [1.165, 1.54) is 5.56 Å². The summed E-state index contributed by atoms with van der Waals surface area (Å²) in [5.74, 6) is 0.678. The molecule has 1 aliphatic rings. The fourth-order valence-electron chi connectivity index (χ4n) is 2.67. The van der Waals surface area contributed by atoms with Gasteiger partial charge in [-0.2, -0.15) is 0 Å². The summed E-state index contributed by atoms with van der Waals surface area (Å²) in [4.78, 5) is 13.8. The summed E-state index contributed by atoms with van der Waals surface area (Å²) < 4.78 is 0. The maximum atomic E-state index is 10.9. The van der Waals surface area contributed by atoms with E-state index in [2.05, 4.69) is 22.3 Å². The fourth-order valence-corrected chi connectivity index (χ4v) is 2.81. The minimum Gasteiger partial charge on any atom is -0.389 e. The highest BCUT2D eigenvalue weighted by Crippen LogP contribution is 2.18. The number of benzene rings is 1. The van der Waals surface area contributed by atoms with Crippen LogP contribution in [-0.4, -0.2) is 35.4 Å². The largest absolute Gasteiger partial charge is 0.389 e. The van der Waals surface area contributed by atoms with Crippen LogP contribution in [0.4, 0.5) is 0 Å². The number of hydrogen-bond donors (Lipinski definition) is 2. The molecule has 0 atom stereocenters. The highest BCUT2D eigenvalue weighted by atomic mass is 32.1. The summed E-state index contributed by atoms with van der Waals surface area (Å²) >= 11 is 4.96. The maximum absolute atomic E-state index is 10.9. The molecule has 0 radical (unpaired) electrons. The molecule has 114 valence electrons. The van der Waals surface area contributed by atoms with Gasteiger partial charge in [0.1, 0.15) is 4.99 Å². The number of piperidine rings is 1. The van der Waals surface area contributed by atoms with E-state index in [-0.39, 0.29) is 5.91 Å². The van der Waals surface area contributed by atoms with Crippen LogP contribution < -0.4 is 11.1 Å². The van der Waals surface area contributed by atoms with E-state index in [1.54, 1.807) is 6.92 Å². The predicted molar refractivity (Wildman–Crippen MR) is 89.0 cm³/mol. The summed E-state index contributed by atoms with van der Waals surface area (Å²) in [6, 6.07) is 8.16. The second-order valence-electron chi connectivity index (χ2n) is 5.72. The van der Waals surface area contributed by atoms with Gasteiger partial charge >= 0.3 is 0 Å². The van der Waals surface area contributed by atoms with Crippen LogP contribution in [0.2, 0.25) is 0 Å². The number of nitrogens with zero attached hydrogens (tertiary/aromatic N) is 1. The molecule has 5 heteroatoms. The van der Waals surface area contributed by atoms with E-state index in [9.17, 15) is 4.79 Å². The van der Waals surface area contributed by atoms with E-state index < -0.39 is 0 Å². The number of likely N-dealkylation sites (tertiary alicyclic amines) is 1. The van der Waals surface area contributed by atoms with Crippen molar-refractivity contribution < 1.29 is 4.79 Å². The summed E-state index contributed by atoms with van der Waals surface area (Å²) in [5.41, 5.74) is 7.81. The van der Waals surface area contributed by atoms with Crippen LogP contribution in [-0.2, 0) is 11.3 Å². The summed E-state index contributed by atoms with van der Waals surface area (Å²) in [7, 11) is 0. The van der Waals surface area contributed by atoms with Gasteiger partial charge in [-0.25, -0.2) is 0 Å². The Balaban J connectivity index is 1.78. The van der Waals surface area contributed by atoms with Crippen molar-refractivity contribution in [1.29, 1.82) is 0 Å². The van der Waals surface area contributed by atoms with Crippen LogP contribution in [0, 0.1) is 5.92 Å². The zero-order valence-corrected chi connectivity index (χ0v) is 13.3. The molecule has 1 aliphatic heterocycles. The molecule has 0 bridgehead atoms. The number of amides is 1. The monoisotopic (exact) mass is 305 g/mol. The lowest BCUT2D eigenvalue weighted by molar-refractivity contribution is -0.119. The van der Waals surface area contributed by atoms with E-state index in [1.807, 2.05) is 12.1 Å². The molecule has 2 rings (SSSR count). The third-order valence-electron chi connectivity index (χ3n) is 3.99. The molecule has 1 aromatic carbocycles. The predicted octanol–water partition coefficient (Wildman–Crippen LogP) is 1.67. The molecule has 1 fully saturated rings. The average molecular weight is 305 g/mol. The zero-order valence-electron chi connectivity index (χ0n) is 12.5. The Kier molecular flexibility index (Phi) is 5.70. The number of rotatable bonds is 5. The number of thiocarbonyl (C=S) groups is 1. The van der Waals surface area contributed by atoms with E-state index in [4.69, 9.17) is 18.0 Å². The molecule has 1 amide bonds. The maximum Gasteiger partial charge on any atom is 0.216 e. The van der Waals surface area contributed by atoms with Crippen LogP contribution in [0.15, 0.2) is 24.3 Å². The first kappa shape index (κ1) is 15.9. The van der Waals surface area contributed by atoms with Gasteiger partial charge in [-0.3, -0.25) is 9.69 Å². The standard InChI is InChI=1S/C16H23N3OS/c1-12(20)18-10-13-6-8-19(9-7-13)11-14-2-4-15(5-3-14)16(17)21/h2-5,13H,6-11H2,1H3,(H2,17,21)(H,18,20). The van der Waals surface area contributed by atoms with Gasteiger partial charge in [0.15, 0.2) is 0 Å². The van der Waals surface area contributed by atoms with Gasteiger partial charge in [0.05, 0.1) is 0 Å². The summed E-state index contributed by atoms with van der Waals surface area (Å²) in [5, 5.41) is 2.92. The molecule has 21 heavy (non-hydrogen) atoms. The Morgan fingerprint density at radius 2 is 1.95 bits per heavy atom. The van der Waals surface area contributed by atoms with E-state index in [0.29, 0.717) is 10.9 Å². The Labute approximate surface area is 131 Å². The number of nitrogens with two attached hydrogens (primary N) is 1. The van der Waals surface area contributed by atoms with Crippen molar-refractivity contribution in [2.45, 2.75) is 26.3 Å². The lowest BCUT2D eigenvalue weighted by Crippen LogP contribution is -2.37. The van der Waals surface area contributed by atoms with Crippen LogP contribution in [0.3, 0.4) is 0 Å². The highest BCUT2D eigenvalue weighted by molar-refractivity contribution is 7.80. The first-order valence-corrected chi connectivity index (χ1v) is 7.81. The third-order valence-corrected chi connectivity index (χ3v) is 4.23. The first-order chi connectivity index (χ1) is 10.0. The van der Waals surface area contributed by atoms with E-state index in [0.717, 1.165) is 44.6 Å². The molecule has 1 aromatic rings. The lowest BCUT2D eigenvalue weighted by Gasteiger charge is -2.32. The molecule has 1 heterocycles. The molecule has 0 aromatic heterocycles. The molecule has 0 saturated carbocycles. The first-order valence-electron chi connectivity index (χ1n) is 7.40. The number of nitrogens with one attached hydrogen (secondary N) is 1. The minimum absolute atomic E-state index is 0.0651. The van der Waals surface area contributed by atoms with Gasteiger partial charge in [0, 0.05) is 25.6 Å². The quantitative estimate of drug-likeness (QED) is 0.813. The van der Waals surface area contributed by atoms with Gasteiger partial charge in [0.2, 0.25) is 5.91 Å². The van der Waals surface area contributed by atoms with Gasteiger partial charge in [-0.15, -0.1) is 0 Å². The molecule has 0 spiro atoms. The van der Waals surface area contributed by atoms with Crippen LogP contribution in [0.1, 0.15) is 30.9 Å². The topological polar surface area (TPSA) is 58.4 Å². The minimum atomic E-state index is 0.0651. The Morgan fingerprint density at radius 3 is 2.48 bits per heavy atom. The molecule has 0 aliphatic carbocycles. The molecular weight excluding hydrogens is 282 g/mol. The van der Waals surface area contributed by atoms with Crippen molar-refractivity contribution >= 4 is 23.1 Å².